The predicted octanol–water partition coefficient (Wildman–Crippen LogP) is 2.36. The minimum atomic E-state index is -0.941. The van der Waals surface area contributed by atoms with Crippen LogP contribution in [0.4, 0.5) is 11.5 Å². The van der Waals surface area contributed by atoms with Gasteiger partial charge in [-0.1, -0.05) is 30.3 Å². The molecule has 0 amide bonds. The summed E-state index contributed by atoms with van der Waals surface area (Å²) >= 11 is 5.69. The second-order valence-corrected chi connectivity index (χ2v) is 4.95. The van der Waals surface area contributed by atoms with Crippen LogP contribution in [-0.2, 0) is 5.54 Å². The Morgan fingerprint density at radius 3 is 2.67 bits per heavy atom. The summed E-state index contributed by atoms with van der Waals surface area (Å²) in [6.45, 7) is 1.43. The molecule has 0 saturated heterocycles. The predicted molar refractivity (Wildman–Crippen MR) is 78.2 cm³/mol. The SMILES string of the molecule is CC(CO)(Nc1nc(Cl)ncc1[N+](=O)[O-])c1ccccc1. The van der Waals surface area contributed by atoms with Crippen molar-refractivity contribution in [2.75, 3.05) is 11.9 Å². The van der Waals surface area contributed by atoms with Crippen molar-refractivity contribution in [3.8, 4) is 0 Å². The first kappa shape index (κ1) is 15.1. The number of halogens is 1. The standard InChI is InChI=1S/C13H13ClN4O3/c1-13(8-19,9-5-3-2-4-6-9)17-11-10(18(20)21)7-15-12(14)16-11/h2-7,19H,8H2,1H3,(H,15,16,17). The fraction of sp³-hybridized carbons (Fsp3) is 0.231. The molecule has 2 aromatic rings. The monoisotopic (exact) mass is 308 g/mol. The zero-order valence-electron chi connectivity index (χ0n) is 11.2. The second kappa shape index (κ2) is 6.02. The highest BCUT2D eigenvalue weighted by atomic mass is 35.5. The smallest absolute Gasteiger partial charge is 0.329 e. The number of hydrogen-bond acceptors (Lipinski definition) is 6. The largest absolute Gasteiger partial charge is 0.394 e. The lowest BCUT2D eigenvalue weighted by atomic mass is 9.93. The van der Waals surface area contributed by atoms with Gasteiger partial charge in [-0.05, 0) is 24.1 Å². The lowest BCUT2D eigenvalue weighted by Gasteiger charge is -2.29. The van der Waals surface area contributed by atoms with Crippen molar-refractivity contribution in [2.45, 2.75) is 12.5 Å². The molecule has 0 aliphatic carbocycles. The van der Waals surface area contributed by atoms with E-state index >= 15 is 0 Å². The van der Waals surface area contributed by atoms with Gasteiger partial charge in [0.2, 0.25) is 11.1 Å². The van der Waals surface area contributed by atoms with Crippen LogP contribution >= 0.6 is 11.6 Å². The van der Waals surface area contributed by atoms with Crippen LogP contribution in [-0.4, -0.2) is 26.6 Å². The zero-order valence-corrected chi connectivity index (χ0v) is 11.9. The van der Waals surface area contributed by atoms with E-state index in [0.29, 0.717) is 0 Å². The van der Waals surface area contributed by atoms with Gasteiger partial charge in [0.05, 0.1) is 17.1 Å². The summed E-state index contributed by atoms with van der Waals surface area (Å²) in [5.74, 6) is -0.0413. The van der Waals surface area contributed by atoms with Crippen molar-refractivity contribution in [1.82, 2.24) is 9.97 Å². The van der Waals surface area contributed by atoms with E-state index in [2.05, 4.69) is 15.3 Å². The number of nitro groups is 1. The average molecular weight is 309 g/mol. The fourth-order valence-electron chi connectivity index (χ4n) is 1.85. The Morgan fingerprint density at radius 2 is 2.10 bits per heavy atom. The van der Waals surface area contributed by atoms with Crippen LogP contribution in [0.1, 0.15) is 12.5 Å². The minimum absolute atomic E-state index is 0.0413. The van der Waals surface area contributed by atoms with Gasteiger partial charge in [-0.25, -0.2) is 4.98 Å². The number of aliphatic hydroxyl groups is 1. The average Bonchev–Trinajstić information content (AvgIpc) is 2.47. The molecule has 1 unspecified atom stereocenters. The summed E-state index contributed by atoms with van der Waals surface area (Å²) in [4.78, 5) is 17.9. The quantitative estimate of drug-likeness (QED) is 0.499. The van der Waals surface area contributed by atoms with Crippen LogP contribution in [0.25, 0.3) is 0 Å². The van der Waals surface area contributed by atoms with Gasteiger partial charge < -0.3 is 10.4 Å². The first-order valence-electron chi connectivity index (χ1n) is 6.08. The van der Waals surface area contributed by atoms with Crippen LogP contribution in [0.2, 0.25) is 5.28 Å². The first-order valence-corrected chi connectivity index (χ1v) is 6.45. The molecule has 8 heteroatoms. The van der Waals surface area contributed by atoms with Crippen LogP contribution in [0, 0.1) is 10.1 Å². The normalized spacial score (nSPS) is 13.5. The van der Waals surface area contributed by atoms with Crippen molar-refractivity contribution in [2.24, 2.45) is 0 Å². The molecule has 1 atom stereocenters. The molecule has 0 spiro atoms. The van der Waals surface area contributed by atoms with Crippen molar-refractivity contribution in [1.29, 1.82) is 0 Å². The fourth-order valence-corrected chi connectivity index (χ4v) is 1.98. The topological polar surface area (TPSA) is 101 Å². The highest BCUT2D eigenvalue weighted by molar-refractivity contribution is 6.28. The van der Waals surface area contributed by atoms with Crippen LogP contribution < -0.4 is 5.32 Å². The molecule has 0 aliphatic heterocycles. The Morgan fingerprint density at radius 1 is 1.43 bits per heavy atom. The maximum Gasteiger partial charge on any atom is 0.329 e. The van der Waals surface area contributed by atoms with E-state index in [1.165, 1.54) is 0 Å². The third kappa shape index (κ3) is 3.26. The van der Waals surface area contributed by atoms with E-state index < -0.39 is 10.5 Å². The molecule has 0 fully saturated rings. The molecule has 7 nitrogen and oxygen atoms in total. The third-order valence-electron chi connectivity index (χ3n) is 3.06. The van der Waals surface area contributed by atoms with Crippen molar-refractivity contribution in [3.63, 3.8) is 0 Å². The maximum absolute atomic E-state index is 11.0. The van der Waals surface area contributed by atoms with Gasteiger partial charge in [0.25, 0.3) is 0 Å². The Bertz CT molecular complexity index is 653. The van der Waals surface area contributed by atoms with E-state index in [-0.39, 0.29) is 23.4 Å². The molecule has 1 heterocycles. The van der Waals surface area contributed by atoms with Gasteiger partial charge in [-0.2, -0.15) is 4.98 Å². The van der Waals surface area contributed by atoms with Crippen molar-refractivity contribution >= 4 is 23.1 Å². The van der Waals surface area contributed by atoms with Crippen molar-refractivity contribution in [3.05, 3.63) is 57.5 Å². The first-order chi connectivity index (χ1) is 9.96. The van der Waals surface area contributed by atoms with Gasteiger partial charge >= 0.3 is 5.69 Å². The number of aromatic nitrogens is 2. The van der Waals surface area contributed by atoms with E-state index in [9.17, 15) is 15.2 Å². The maximum atomic E-state index is 11.0. The molecule has 21 heavy (non-hydrogen) atoms. The lowest BCUT2D eigenvalue weighted by molar-refractivity contribution is -0.384. The van der Waals surface area contributed by atoms with E-state index in [4.69, 9.17) is 11.6 Å². The summed E-state index contributed by atoms with van der Waals surface area (Å²) in [6.07, 6.45) is 1.03. The zero-order chi connectivity index (χ0) is 15.5. The van der Waals surface area contributed by atoms with E-state index in [0.717, 1.165) is 11.8 Å². The molecule has 0 radical (unpaired) electrons. The summed E-state index contributed by atoms with van der Waals surface area (Å²) in [7, 11) is 0. The van der Waals surface area contributed by atoms with Gasteiger partial charge in [0, 0.05) is 0 Å². The van der Waals surface area contributed by atoms with Gasteiger partial charge in [0.1, 0.15) is 6.20 Å². The molecule has 0 bridgehead atoms. The highest BCUT2D eigenvalue weighted by Gasteiger charge is 2.29. The van der Waals surface area contributed by atoms with E-state index in [1.54, 1.807) is 19.1 Å². The molecular weight excluding hydrogens is 296 g/mol. The molecule has 0 saturated carbocycles. The number of nitrogens with one attached hydrogen (secondary N) is 1. The number of aliphatic hydroxyl groups excluding tert-OH is 1. The minimum Gasteiger partial charge on any atom is -0.394 e. The van der Waals surface area contributed by atoms with Gasteiger partial charge in [-0.15, -0.1) is 0 Å². The molecule has 0 aliphatic rings. The van der Waals surface area contributed by atoms with Gasteiger partial charge in [-0.3, -0.25) is 10.1 Å². The Hall–Kier alpha value is -2.25. The molecule has 110 valence electrons. The number of rotatable bonds is 5. The molecule has 1 aromatic carbocycles. The number of hydrogen-bond donors (Lipinski definition) is 2. The Balaban J connectivity index is 2.44. The number of benzene rings is 1. The van der Waals surface area contributed by atoms with Crippen LogP contribution in [0.5, 0.6) is 0 Å². The summed E-state index contributed by atoms with van der Waals surface area (Å²) in [5.41, 5.74) is -0.490. The molecule has 2 N–H and O–H groups in total. The summed E-state index contributed by atoms with van der Waals surface area (Å²) in [6, 6.07) is 9.07. The van der Waals surface area contributed by atoms with Crippen molar-refractivity contribution < 1.29 is 10.0 Å². The third-order valence-corrected chi connectivity index (χ3v) is 3.24. The summed E-state index contributed by atoms with van der Waals surface area (Å²) < 4.78 is 0. The number of nitrogens with zero attached hydrogens (tertiary/aromatic N) is 3. The van der Waals surface area contributed by atoms with E-state index in [1.807, 2.05) is 18.2 Å². The molecule has 2 rings (SSSR count). The molecular formula is C13H13ClN4O3. The molecule has 1 aromatic heterocycles. The van der Waals surface area contributed by atoms with Crippen LogP contribution in [0.3, 0.4) is 0 Å². The Kier molecular flexibility index (Phi) is 4.35. The second-order valence-electron chi connectivity index (χ2n) is 4.61. The van der Waals surface area contributed by atoms with Gasteiger partial charge in [0.15, 0.2) is 0 Å². The Labute approximate surface area is 125 Å². The number of anilines is 1. The summed E-state index contributed by atoms with van der Waals surface area (Å²) in [5, 5.41) is 23.5. The van der Waals surface area contributed by atoms with Crippen LogP contribution in [0.15, 0.2) is 36.5 Å². The highest BCUT2D eigenvalue weighted by Crippen LogP contribution is 2.30. The lowest BCUT2D eigenvalue weighted by Crippen LogP contribution is -2.36.